The molecule has 3 aromatic heterocycles. The lowest BCUT2D eigenvalue weighted by molar-refractivity contribution is -0.136. The summed E-state index contributed by atoms with van der Waals surface area (Å²) in [7, 11) is 0. The third-order valence-corrected chi connectivity index (χ3v) is 5.91. The van der Waals surface area contributed by atoms with Gasteiger partial charge in [-0.25, -0.2) is 9.97 Å². The van der Waals surface area contributed by atoms with Crippen LogP contribution in [0.3, 0.4) is 0 Å². The van der Waals surface area contributed by atoms with Gasteiger partial charge in [0.1, 0.15) is 11.0 Å². The van der Waals surface area contributed by atoms with Gasteiger partial charge in [-0.15, -0.1) is 22.7 Å². The smallest absolute Gasteiger partial charge is 0.248 e. The van der Waals surface area contributed by atoms with Crippen molar-refractivity contribution in [2.75, 3.05) is 11.9 Å². The minimum atomic E-state index is -0.449. The molecule has 0 saturated carbocycles. The summed E-state index contributed by atoms with van der Waals surface area (Å²) in [5.41, 5.74) is 1.50. The number of hydrogen-bond donors (Lipinski definition) is 1. The maximum absolute atomic E-state index is 12.8. The molecule has 138 valence electrons. The minimum Gasteiger partial charge on any atom is -0.330 e. The molecule has 4 rings (SSSR count). The number of carbonyl (C=O) groups is 2. The second-order valence-corrected chi connectivity index (χ2v) is 7.86. The molecule has 27 heavy (non-hydrogen) atoms. The quantitative estimate of drug-likeness (QED) is 0.713. The molecule has 0 spiro atoms. The van der Waals surface area contributed by atoms with Gasteiger partial charge in [0.15, 0.2) is 5.13 Å². The Morgan fingerprint density at radius 3 is 2.93 bits per heavy atom. The second-order valence-electron chi connectivity index (χ2n) is 6.11. The van der Waals surface area contributed by atoms with E-state index < -0.39 is 6.04 Å². The molecule has 7 nitrogen and oxygen atoms in total. The lowest BCUT2D eigenvalue weighted by atomic mass is 10.2. The van der Waals surface area contributed by atoms with Gasteiger partial charge in [0.05, 0.1) is 17.8 Å². The van der Waals surface area contributed by atoms with Crippen LogP contribution in [0.15, 0.2) is 41.4 Å². The highest BCUT2D eigenvalue weighted by Gasteiger charge is 2.34. The number of thiazole rings is 2. The summed E-state index contributed by atoms with van der Waals surface area (Å²) in [6.07, 6.45) is 5.03. The van der Waals surface area contributed by atoms with Crippen LogP contribution in [0.1, 0.15) is 18.5 Å². The van der Waals surface area contributed by atoms with E-state index in [0.29, 0.717) is 23.8 Å². The molecule has 0 radical (unpaired) electrons. The van der Waals surface area contributed by atoms with Gasteiger partial charge in [0.25, 0.3) is 0 Å². The number of pyridine rings is 1. The van der Waals surface area contributed by atoms with Crippen LogP contribution in [0.5, 0.6) is 0 Å². The van der Waals surface area contributed by atoms with E-state index in [1.54, 1.807) is 22.7 Å². The second kappa shape index (κ2) is 7.93. The van der Waals surface area contributed by atoms with Crippen molar-refractivity contribution in [3.05, 3.63) is 47.0 Å². The van der Waals surface area contributed by atoms with E-state index in [9.17, 15) is 9.59 Å². The lowest BCUT2D eigenvalue weighted by Crippen LogP contribution is -2.43. The number of amides is 2. The van der Waals surface area contributed by atoms with E-state index in [4.69, 9.17) is 0 Å². The molecule has 2 amide bonds. The van der Waals surface area contributed by atoms with E-state index in [1.165, 1.54) is 22.7 Å². The van der Waals surface area contributed by atoms with Crippen molar-refractivity contribution in [2.24, 2.45) is 0 Å². The summed E-state index contributed by atoms with van der Waals surface area (Å²) < 4.78 is 0. The highest BCUT2D eigenvalue weighted by atomic mass is 32.1. The summed E-state index contributed by atoms with van der Waals surface area (Å²) in [6, 6.07) is 5.20. The SMILES string of the molecule is O=C(Nc1nccs1)C1CCCN1C(=O)Cc1csc(-c2ccccn2)n1. The number of nitrogens with zero attached hydrogens (tertiary/aromatic N) is 4. The molecular formula is C18H17N5O2S2. The van der Waals surface area contributed by atoms with Gasteiger partial charge in [0.2, 0.25) is 11.8 Å². The molecule has 3 aromatic rings. The van der Waals surface area contributed by atoms with Crippen LogP contribution in [0.25, 0.3) is 10.7 Å². The standard InChI is InChI=1S/C18H17N5O2S2/c24-15(10-12-11-27-17(21-12)13-4-1-2-6-19-13)23-8-3-5-14(23)16(25)22-18-20-7-9-26-18/h1-2,4,6-7,9,11,14H,3,5,8,10H2,(H,20,22,25). The molecule has 0 aromatic carbocycles. The molecular weight excluding hydrogens is 382 g/mol. The molecule has 4 heterocycles. The number of hydrogen-bond acceptors (Lipinski definition) is 7. The maximum Gasteiger partial charge on any atom is 0.248 e. The summed E-state index contributed by atoms with van der Waals surface area (Å²) in [5.74, 6) is -0.257. The van der Waals surface area contributed by atoms with Crippen LogP contribution in [0.2, 0.25) is 0 Å². The van der Waals surface area contributed by atoms with E-state index in [2.05, 4.69) is 20.3 Å². The third kappa shape index (κ3) is 4.04. The summed E-state index contributed by atoms with van der Waals surface area (Å²) >= 11 is 2.83. The Kier molecular flexibility index (Phi) is 5.21. The van der Waals surface area contributed by atoms with Gasteiger partial charge >= 0.3 is 0 Å². The van der Waals surface area contributed by atoms with E-state index in [-0.39, 0.29) is 18.2 Å². The van der Waals surface area contributed by atoms with Crippen molar-refractivity contribution in [1.29, 1.82) is 0 Å². The van der Waals surface area contributed by atoms with E-state index in [0.717, 1.165) is 17.1 Å². The van der Waals surface area contributed by atoms with Crippen LogP contribution in [0, 0.1) is 0 Å². The maximum atomic E-state index is 12.8. The van der Waals surface area contributed by atoms with Crippen molar-refractivity contribution in [3.63, 3.8) is 0 Å². The number of likely N-dealkylation sites (tertiary alicyclic amines) is 1. The Bertz CT molecular complexity index is 926. The Morgan fingerprint density at radius 1 is 1.22 bits per heavy atom. The molecule has 0 bridgehead atoms. The first-order valence-corrected chi connectivity index (χ1v) is 10.3. The zero-order chi connectivity index (χ0) is 18.6. The Labute approximate surface area is 164 Å². The van der Waals surface area contributed by atoms with Crippen LogP contribution in [0.4, 0.5) is 5.13 Å². The Hall–Kier alpha value is -2.65. The highest BCUT2D eigenvalue weighted by Crippen LogP contribution is 2.24. The van der Waals surface area contributed by atoms with Gasteiger partial charge in [-0.1, -0.05) is 6.07 Å². The number of aromatic nitrogens is 3. The Morgan fingerprint density at radius 2 is 2.15 bits per heavy atom. The highest BCUT2D eigenvalue weighted by molar-refractivity contribution is 7.13. The van der Waals surface area contributed by atoms with Gasteiger partial charge in [0, 0.05) is 29.7 Å². The fourth-order valence-electron chi connectivity index (χ4n) is 3.06. The fourth-order valence-corrected chi connectivity index (χ4v) is 4.39. The van der Waals surface area contributed by atoms with Crippen molar-refractivity contribution >= 4 is 39.6 Å². The number of anilines is 1. The molecule has 1 fully saturated rings. The minimum absolute atomic E-state index is 0.0790. The molecule has 1 saturated heterocycles. The monoisotopic (exact) mass is 399 g/mol. The molecule has 9 heteroatoms. The molecule has 1 atom stereocenters. The fraction of sp³-hybridized carbons (Fsp3) is 0.278. The van der Waals surface area contributed by atoms with Gasteiger partial charge in [-0.05, 0) is 25.0 Å². The summed E-state index contributed by atoms with van der Waals surface area (Å²) in [5, 5.41) is 7.81. The first kappa shape index (κ1) is 17.7. The molecule has 1 unspecified atom stereocenters. The van der Waals surface area contributed by atoms with Crippen molar-refractivity contribution in [2.45, 2.75) is 25.3 Å². The van der Waals surface area contributed by atoms with Crippen molar-refractivity contribution in [3.8, 4) is 10.7 Å². The number of nitrogens with one attached hydrogen (secondary N) is 1. The van der Waals surface area contributed by atoms with Crippen LogP contribution < -0.4 is 5.32 Å². The largest absolute Gasteiger partial charge is 0.330 e. The predicted molar refractivity (Wildman–Crippen MR) is 105 cm³/mol. The zero-order valence-electron chi connectivity index (χ0n) is 14.4. The van der Waals surface area contributed by atoms with Crippen LogP contribution >= 0.6 is 22.7 Å². The average Bonchev–Trinajstić information content (AvgIpc) is 3.44. The molecule has 1 N–H and O–H groups in total. The third-order valence-electron chi connectivity index (χ3n) is 4.31. The van der Waals surface area contributed by atoms with Crippen molar-refractivity contribution < 1.29 is 9.59 Å². The summed E-state index contributed by atoms with van der Waals surface area (Å²) in [4.78, 5) is 39.8. The first-order valence-electron chi connectivity index (χ1n) is 8.56. The van der Waals surface area contributed by atoms with Gasteiger partial charge < -0.3 is 10.2 Å². The molecule has 1 aliphatic rings. The zero-order valence-corrected chi connectivity index (χ0v) is 16.0. The van der Waals surface area contributed by atoms with E-state index >= 15 is 0 Å². The van der Waals surface area contributed by atoms with Crippen LogP contribution in [-0.4, -0.2) is 44.3 Å². The normalized spacial score (nSPS) is 16.4. The topological polar surface area (TPSA) is 88.1 Å². The van der Waals surface area contributed by atoms with Gasteiger partial charge in [-0.2, -0.15) is 0 Å². The van der Waals surface area contributed by atoms with Crippen LogP contribution in [-0.2, 0) is 16.0 Å². The Balaban J connectivity index is 1.41. The van der Waals surface area contributed by atoms with Gasteiger partial charge in [-0.3, -0.25) is 14.6 Å². The predicted octanol–water partition coefficient (Wildman–Crippen LogP) is 2.83. The number of rotatable bonds is 5. The van der Waals surface area contributed by atoms with Crippen molar-refractivity contribution in [1.82, 2.24) is 19.9 Å². The number of carbonyl (C=O) groups excluding carboxylic acids is 2. The van der Waals surface area contributed by atoms with E-state index in [1.807, 2.05) is 23.6 Å². The molecule has 1 aliphatic heterocycles. The summed E-state index contributed by atoms with van der Waals surface area (Å²) in [6.45, 7) is 0.589. The molecule has 0 aliphatic carbocycles. The first-order chi connectivity index (χ1) is 13.2. The lowest BCUT2D eigenvalue weighted by Gasteiger charge is -2.23. The average molecular weight is 400 g/mol.